The number of piperidine rings is 1. The Labute approximate surface area is 222 Å². The molecule has 8 heteroatoms. The highest BCUT2D eigenvalue weighted by atomic mass is 19.4. The Kier molecular flexibility index (Phi) is 8.82. The van der Waals surface area contributed by atoms with Crippen molar-refractivity contribution in [3.8, 4) is 0 Å². The summed E-state index contributed by atoms with van der Waals surface area (Å²) in [7, 11) is 2.15. The number of likely N-dealkylation sites (tertiary alicyclic amines) is 1. The minimum atomic E-state index is -4.55. The molecule has 1 aliphatic heterocycles. The van der Waals surface area contributed by atoms with Gasteiger partial charge in [-0.05, 0) is 86.0 Å². The summed E-state index contributed by atoms with van der Waals surface area (Å²) in [4.78, 5) is 22.3. The van der Waals surface area contributed by atoms with Crippen LogP contribution in [0.2, 0.25) is 0 Å². The van der Waals surface area contributed by atoms with E-state index in [1.54, 1.807) is 18.2 Å². The molecule has 0 bridgehead atoms. The zero-order chi connectivity index (χ0) is 27.3. The van der Waals surface area contributed by atoms with Crippen LogP contribution in [-0.2, 0) is 43.1 Å². The molecule has 1 saturated heterocycles. The van der Waals surface area contributed by atoms with Gasteiger partial charge in [-0.3, -0.25) is 4.79 Å². The van der Waals surface area contributed by atoms with Crippen LogP contribution < -0.4 is 5.73 Å². The molecule has 0 aliphatic carbocycles. The molecule has 0 unspecified atom stereocenters. The number of benzene rings is 2. The fourth-order valence-corrected chi connectivity index (χ4v) is 5.30. The number of halogens is 3. The van der Waals surface area contributed by atoms with E-state index in [-0.39, 0.29) is 18.5 Å². The van der Waals surface area contributed by atoms with Crippen molar-refractivity contribution in [3.63, 3.8) is 0 Å². The quantitative estimate of drug-likeness (QED) is 0.414. The van der Waals surface area contributed by atoms with E-state index in [4.69, 9.17) is 5.73 Å². The molecular weight excluding hydrogens is 489 g/mol. The normalized spacial score (nSPS) is 15.1. The lowest BCUT2D eigenvalue weighted by Gasteiger charge is -2.29. The Balaban J connectivity index is 1.57. The van der Waals surface area contributed by atoms with Gasteiger partial charge in [-0.25, -0.2) is 9.97 Å². The fraction of sp³-hybridized carbons (Fsp3) is 0.433. The van der Waals surface area contributed by atoms with Gasteiger partial charge in [-0.2, -0.15) is 13.2 Å². The molecule has 4 rings (SSSR count). The van der Waals surface area contributed by atoms with Crippen molar-refractivity contribution in [2.45, 2.75) is 64.0 Å². The van der Waals surface area contributed by atoms with Crippen LogP contribution in [0.15, 0.2) is 48.7 Å². The van der Waals surface area contributed by atoms with Gasteiger partial charge in [0.05, 0.1) is 17.7 Å². The zero-order valence-electron chi connectivity index (χ0n) is 22.0. The van der Waals surface area contributed by atoms with Gasteiger partial charge in [0.25, 0.3) is 0 Å². The van der Waals surface area contributed by atoms with Gasteiger partial charge in [-0.15, -0.1) is 0 Å². The number of aryl methyl sites for hydroxylation is 3. The van der Waals surface area contributed by atoms with Crippen molar-refractivity contribution in [1.29, 1.82) is 0 Å². The Hall–Kier alpha value is -3.26. The molecule has 1 amide bonds. The number of hydrogen-bond acceptors (Lipinski definition) is 4. The van der Waals surface area contributed by atoms with E-state index in [9.17, 15) is 18.0 Å². The summed E-state index contributed by atoms with van der Waals surface area (Å²) in [6.45, 7) is 4.27. The summed E-state index contributed by atoms with van der Waals surface area (Å²) in [6, 6.07) is 13.7. The van der Waals surface area contributed by atoms with Crippen molar-refractivity contribution >= 4 is 5.91 Å². The first-order valence-corrected chi connectivity index (χ1v) is 13.2. The van der Waals surface area contributed by atoms with Crippen LogP contribution >= 0.6 is 0 Å². The fourth-order valence-electron chi connectivity index (χ4n) is 5.30. The first kappa shape index (κ1) is 27.8. The lowest BCUT2D eigenvalue weighted by atomic mass is 9.87. The molecular formula is C30H35F3N4O. The number of carbonyl (C=O) groups is 1. The maximum atomic E-state index is 13.8. The third-order valence-electron chi connectivity index (χ3n) is 7.49. The Morgan fingerprint density at radius 2 is 1.74 bits per heavy atom. The van der Waals surface area contributed by atoms with Crippen molar-refractivity contribution in [2.75, 3.05) is 20.1 Å². The number of amides is 1. The van der Waals surface area contributed by atoms with E-state index in [0.29, 0.717) is 24.6 Å². The second-order valence-corrected chi connectivity index (χ2v) is 10.2. The number of primary amides is 1. The van der Waals surface area contributed by atoms with Crippen LogP contribution in [0.4, 0.5) is 13.2 Å². The summed E-state index contributed by atoms with van der Waals surface area (Å²) in [5.74, 6) is 0.434. The van der Waals surface area contributed by atoms with Crippen LogP contribution in [0.1, 0.15) is 70.6 Å². The van der Waals surface area contributed by atoms with Crippen molar-refractivity contribution in [3.05, 3.63) is 93.6 Å². The Morgan fingerprint density at radius 1 is 1.03 bits per heavy atom. The Bertz CT molecular complexity index is 1270. The van der Waals surface area contributed by atoms with Crippen molar-refractivity contribution in [1.82, 2.24) is 14.9 Å². The monoisotopic (exact) mass is 524 g/mol. The summed E-state index contributed by atoms with van der Waals surface area (Å²) in [6.07, 6.45) is 0.269. The predicted octanol–water partition coefficient (Wildman–Crippen LogP) is 5.27. The summed E-state index contributed by atoms with van der Waals surface area (Å²) in [5, 5.41) is 0. The summed E-state index contributed by atoms with van der Waals surface area (Å²) < 4.78 is 41.4. The minimum absolute atomic E-state index is 0.0302. The number of aromatic nitrogens is 2. The lowest BCUT2D eigenvalue weighted by Crippen LogP contribution is -2.29. The molecule has 1 aliphatic rings. The number of carbonyl (C=O) groups excluding carboxylic acids is 1. The summed E-state index contributed by atoms with van der Waals surface area (Å²) in [5.41, 5.74) is 9.57. The largest absolute Gasteiger partial charge is 0.419 e. The molecule has 0 radical (unpaired) electrons. The van der Waals surface area contributed by atoms with E-state index in [2.05, 4.69) is 47.0 Å². The molecule has 1 fully saturated rings. The minimum Gasteiger partial charge on any atom is -0.369 e. The van der Waals surface area contributed by atoms with Gasteiger partial charge < -0.3 is 10.6 Å². The second kappa shape index (κ2) is 12.1. The Morgan fingerprint density at radius 3 is 2.39 bits per heavy atom. The molecule has 38 heavy (non-hydrogen) atoms. The smallest absolute Gasteiger partial charge is 0.369 e. The number of nitrogens with zero attached hydrogens (tertiary/aromatic N) is 3. The highest BCUT2D eigenvalue weighted by Gasteiger charge is 2.35. The molecule has 0 atom stereocenters. The molecule has 1 aromatic heterocycles. The van der Waals surface area contributed by atoms with Gasteiger partial charge >= 0.3 is 6.18 Å². The molecule has 0 spiro atoms. The van der Waals surface area contributed by atoms with Gasteiger partial charge in [0.2, 0.25) is 5.91 Å². The van der Waals surface area contributed by atoms with Gasteiger partial charge in [-0.1, -0.05) is 49.4 Å². The lowest BCUT2D eigenvalue weighted by molar-refractivity contribution is -0.138. The second-order valence-electron chi connectivity index (χ2n) is 10.2. The maximum absolute atomic E-state index is 13.8. The summed E-state index contributed by atoms with van der Waals surface area (Å²) >= 11 is 0. The molecule has 2 heterocycles. The van der Waals surface area contributed by atoms with Gasteiger partial charge in [0, 0.05) is 12.6 Å². The average Bonchev–Trinajstić information content (AvgIpc) is 2.88. The third kappa shape index (κ3) is 6.98. The highest BCUT2D eigenvalue weighted by molar-refractivity contribution is 5.77. The highest BCUT2D eigenvalue weighted by Crippen LogP contribution is 2.33. The third-order valence-corrected chi connectivity index (χ3v) is 7.49. The maximum Gasteiger partial charge on any atom is 0.419 e. The molecule has 3 aromatic rings. The van der Waals surface area contributed by atoms with Crippen LogP contribution in [0.25, 0.3) is 0 Å². The molecule has 0 saturated carbocycles. The standard InChI is InChI=1S/C30H35F3N4O/c1-3-20-16-24(22-12-14-37(2)15-13-22)8-9-25(20)18-29-35-19-26(30(31,32)33)27(36-29)11-10-21-6-4-5-7-23(21)17-28(34)38/h4-9,16,19,22H,3,10-15,17-18H2,1-2H3,(H2,34,38). The van der Waals surface area contributed by atoms with Crippen LogP contribution in [0, 0.1) is 0 Å². The molecule has 2 N–H and O–H groups in total. The van der Waals surface area contributed by atoms with Crippen molar-refractivity contribution < 1.29 is 18.0 Å². The number of alkyl halides is 3. The van der Waals surface area contributed by atoms with E-state index in [1.165, 1.54) is 11.1 Å². The van der Waals surface area contributed by atoms with Crippen molar-refractivity contribution in [2.24, 2.45) is 5.73 Å². The zero-order valence-corrected chi connectivity index (χ0v) is 22.0. The molecule has 2 aromatic carbocycles. The number of rotatable bonds is 9. The van der Waals surface area contributed by atoms with E-state index < -0.39 is 17.6 Å². The first-order chi connectivity index (χ1) is 18.1. The van der Waals surface area contributed by atoms with E-state index in [1.807, 2.05) is 6.07 Å². The van der Waals surface area contributed by atoms with Crippen LogP contribution in [0.5, 0.6) is 0 Å². The SMILES string of the molecule is CCc1cc(C2CCN(C)CC2)ccc1Cc1ncc(C(F)(F)F)c(CCc2ccccc2CC(N)=O)n1. The van der Waals surface area contributed by atoms with Gasteiger partial charge in [0.1, 0.15) is 5.82 Å². The van der Waals surface area contributed by atoms with E-state index >= 15 is 0 Å². The average molecular weight is 525 g/mol. The topological polar surface area (TPSA) is 72.1 Å². The first-order valence-electron chi connectivity index (χ1n) is 13.2. The molecule has 5 nitrogen and oxygen atoms in total. The number of hydrogen-bond donors (Lipinski definition) is 1. The van der Waals surface area contributed by atoms with E-state index in [0.717, 1.165) is 55.2 Å². The molecule has 202 valence electrons. The predicted molar refractivity (Wildman–Crippen MR) is 142 cm³/mol. The van der Waals surface area contributed by atoms with Gasteiger partial charge in [0.15, 0.2) is 0 Å². The number of nitrogens with two attached hydrogens (primary N) is 1. The van der Waals surface area contributed by atoms with Crippen LogP contribution in [-0.4, -0.2) is 40.9 Å². The van der Waals surface area contributed by atoms with Crippen LogP contribution in [0.3, 0.4) is 0 Å².